The Kier molecular flexibility index (Phi) is 6.22. The van der Waals surface area contributed by atoms with E-state index >= 15 is 0 Å². The van der Waals surface area contributed by atoms with Gasteiger partial charge in [-0.1, -0.05) is 19.1 Å². The van der Waals surface area contributed by atoms with Crippen LogP contribution in [-0.4, -0.2) is 26.7 Å². The highest BCUT2D eigenvalue weighted by Crippen LogP contribution is 2.20. The van der Waals surface area contributed by atoms with E-state index in [1.165, 1.54) is 18.2 Å². The van der Waals surface area contributed by atoms with Gasteiger partial charge in [0.15, 0.2) is 0 Å². The molecule has 18 heavy (non-hydrogen) atoms. The molecule has 0 bridgehead atoms. The van der Waals surface area contributed by atoms with E-state index in [1.807, 2.05) is 12.1 Å². The minimum Gasteiger partial charge on any atom is -0.496 e. The molecule has 0 amide bonds. The van der Waals surface area contributed by atoms with Crippen molar-refractivity contribution in [2.45, 2.75) is 26.3 Å². The minimum absolute atomic E-state index is 0.188. The number of methoxy groups -OCH3 is 2. The monoisotopic (exact) mass is 251 g/mol. The van der Waals surface area contributed by atoms with Crippen LogP contribution in [-0.2, 0) is 22.5 Å². The third-order valence-corrected chi connectivity index (χ3v) is 2.79. The molecule has 0 saturated carbocycles. The Hall–Kier alpha value is -1.55. The molecule has 1 N–H and O–H groups in total. The summed E-state index contributed by atoms with van der Waals surface area (Å²) < 4.78 is 9.86. The van der Waals surface area contributed by atoms with Gasteiger partial charge in [-0.25, -0.2) is 0 Å². The van der Waals surface area contributed by atoms with Gasteiger partial charge in [-0.3, -0.25) is 4.79 Å². The van der Waals surface area contributed by atoms with E-state index in [4.69, 9.17) is 4.74 Å². The third-order valence-electron chi connectivity index (χ3n) is 2.79. The molecule has 0 aliphatic carbocycles. The molecule has 0 radical (unpaired) electrons. The Morgan fingerprint density at radius 1 is 1.33 bits per heavy atom. The van der Waals surface area contributed by atoms with Crippen molar-refractivity contribution in [3.05, 3.63) is 29.3 Å². The van der Waals surface area contributed by atoms with Gasteiger partial charge in [-0.05, 0) is 23.6 Å². The summed E-state index contributed by atoms with van der Waals surface area (Å²) in [5.41, 5.74) is 2.39. The SMILES string of the molecule is CCc1cc(CNCCC(=O)OC)ccc1OC. The van der Waals surface area contributed by atoms with Gasteiger partial charge in [0.05, 0.1) is 20.6 Å². The molecule has 0 heterocycles. The highest BCUT2D eigenvalue weighted by molar-refractivity contribution is 5.69. The van der Waals surface area contributed by atoms with Gasteiger partial charge in [0.25, 0.3) is 0 Å². The first kappa shape index (κ1) is 14.5. The average molecular weight is 251 g/mol. The number of aryl methyl sites for hydroxylation is 1. The zero-order valence-corrected chi connectivity index (χ0v) is 11.3. The summed E-state index contributed by atoms with van der Waals surface area (Å²) in [6.07, 6.45) is 1.34. The quantitative estimate of drug-likeness (QED) is 0.594. The van der Waals surface area contributed by atoms with E-state index in [2.05, 4.69) is 23.0 Å². The first-order valence-electron chi connectivity index (χ1n) is 6.14. The van der Waals surface area contributed by atoms with E-state index < -0.39 is 0 Å². The van der Waals surface area contributed by atoms with E-state index in [9.17, 15) is 4.79 Å². The van der Waals surface area contributed by atoms with Gasteiger partial charge >= 0.3 is 5.97 Å². The summed E-state index contributed by atoms with van der Waals surface area (Å²) in [4.78, 5) is 10.9. The Balaban J connectivity index is 2.45. The van der Waals surface area contributed by atoms with Crippen molar-refractivity contribution in [1.29, 1.82) is 0 Å². The third kappa shape index (κ3) is 4.37. The van der Waals surface area contributed by atoms with Gasteiger partial charge in [0.2, 0.25) is 0 Å². The first-order valence-corrected chi connectivity index (χ1v) is 6.14. The molecule has 0 aromatic heterocycles. The Morgan fingerprint density at radius 2 is 2.11 bits per heavy atom. The van der Waals surface area contributed by atoms with Gasteiger partial charge in [0, 0.05) is 13.1 Å². The van der Waals surface area contributed by atoms with E-state index in [1.54, 1.807) is 7.11 Å². The summed E-state index contributed by atoms with van der Waals surface area (Å²) in [6.45, 7) is 3.47. The number of nitrogens with one attached hydrogen (secondary N) is 1. The van der Waals surface area contributed by atoms with Gasteiger partial charge < -0.3 is 14.8 Å². The summed E-state index contributed by atoms with van der Waals surface area (Å²) in [7, 11) is 3.09. The van der Waals surface area contributed by atoms with Crippen molar-refractivity contribution in [3.8, 4) is 5.75 Å². The molecule has 0 fully saturated rings. The van der Waals surface area contributed by atoms with Crippen LogP contribution in [0.5, 0.6) is 5.75 Å². The molecule has 0 saturated heterocycles. The molecule has 4 nitrogen and oxygen atoms in total. The molecule has 0 unspecified atom stereocenters. The lowest BCUT2D eigenvalue weighted by Gasteiger charge is -2.10. The highest BCUT2D eigenvalue weighted by atomic mass is 16.5. The largest absolute Gasteiger partial charge is 0.496 e. The van der Waals surface area contributed by atoms with Crippen LogP contribution < -0.4 is 10.1 Å². The predicted octanol–water partition coefficient (Wildman–Crippen LogP) is 1.91. The van der Waals surface area contributed by atoms with Crippen molar-refractivity contribution >= 4 is 5.97 Å². The number of rotatable bonds is 7. The lowest BCUT2D eigenvalue weighted by Crippen LogP contribution is -2.18. The van der Waals surface area contributed by atoms with Crippen molar-refractivity contribution in [2.75, 3.05) is 20.8 Å². The van der Waals surface area contributed by atoms with E-state index in [0.29, 0.717) is 13.0 Å². The Morgan fingerprint density at radius 3 is 2.72 bits per heavy atom. The van der Waals surface area contributed by atoms with Crippen molar-refractivity contribution in [3.63, 3.8) is 0 Å². The first-order chi connectivity index (χ1) is 8.71. The summed E-state index contributed by atoms with van der Waals surface area (Å²) in [5, 5.41) is 3.21. The molecule has 0 spiro atoms. The lowest BCUT2D eigenvalue weighted by atomic mass is 10.1. The highest BCUT2D eigenvalue weighted by Gasteiger charge is 2.03. The van der Waals surface area contributed by atoms with Crippen molar-refractivity contribution in [1.82, 2.24) is 5.32 Å². The number of benzene rings is 1. The number of esters is 1. The standard InChI is InChI=1S/C14H21NO3/c1-4-12-9-11(5-6-13(12)17-2)10-15-8-7-14(16)18-3/h5-6,9,15H,4,7-8,10H2,1-3H3. The average Bonchev–Trinajstić information content (AvgIpc) is 2.42. The van der Waals surface area contributed by atoms with Gasteiger partial charge in [-0.2, -0.15) is 0 Å². The van der Waals surface area contributed by atoms with Crippen LogP contribution in [0.15, 0.2) is 18.2 Å². The maximum atomic E-state index is 10.9. The second-order valence-electron chi connectivity index (χ2n) is 4.00. The second kappa shape index (κ2) is 7.71. The van der Waals surface area contributed by atoms with Crippen LogP contribution >= 0.6 is 0 Å². The minimum atomic E-state index is -0.188. The maximum Gasteiger partial charge on any atom is 0.306 e. The second-order valence-corrected chi connectivity index (χ2v) is 4.00. The molecule has 100 valence electrons. The predicted molar refractivity (Wildman–Crippen MR) is 70.7 cm³/mol. The van der Waals surface area contributed by atoms with Crippen LogP contribution in [0.2, 0.25) is 0 Å². The Bertz CT molecular complexity index is 391. The van der Waals surface area contributed by atoms with E-state index in [0.717, 1.165) is 18.7 Å². The molecular formula is C14H21NO3. The van der Waals surface area contributed by atoms with Gasteiger partial charge in [0.1, 0.15) is 5.75 Å². The normalized spacial score (nSPS) is 10.2. The number of hydrogen-bond donors (Lipinski definition) is 1. The molecule has 1 aromatic rings. The van der Waals surface area contributed by atoms with Crippen LogP contribution in [0, 0.1) is 0 Å². The summed E-state index contributed by atoms with van der Waals surface area (Å²) >= 11 is 0. The van der Waals surface area contributed by atoms with Crippen LogP contribution in [0.25, 0.3) is 0 Å². The fourth-order valence-corrected chi connectivity index (χ4v) is 1.74. The number of hydrogen-bond acceptors (Lipinski definition) is 4. The topological polar surface area (TPSA) is 47.6 Å². The molecule has 4 heteroatoms. The van der Waals surface area contributed by atoms with Crippen molar-refractivity contribution in [2.24, 2.45) is 0 Å². The lowest BCUT2D eigenvalue weighted by molar-refractivity contribution is -0.140. The zero-order valence-electron chi connectivity index (χ0n) is 11.3. The fourth-order valence-electron chi connectivity index (χ4n) is 1.74. The fraction of sp³-hybridized carbons (Fsp3) is 0.500. The van der Waals surface area contributed by atoms with Crippen LogP contribution in [0.4, 0.5) is 0 Å². The zero-order chi connectivity index (χ0) is 13.4. The molecule has 1 rings (SSSR count). The van der Waals surface area contributed by atoms with E-state index in [-0.39, 0.29) is 5.97 Å². The molecule has 1 aromatic carbocycles. The molecule has 0 atom stereocenters. The van der Waals surface area contributed by atoms with Crippen molar-refractivity contribution < 1.29 is 14.3 Å². The Labute approximate surface area is 108 Å². The number of carbonyl (C=O) groups is 1. The maximum absolute atomic E-state index is 10.9. The molecule has 0 aliphatic heterocycles. The van der Waals surface area contributed by atoms with Crippen LogP contribution in [0.3, 0.4) is 0 Å². The van der Waals surface area contributed by atoms with Gasteiger partial charge in [-0.15, -0.1) is 0 Å². The number of ether oxygens (including phenoxy) is 2. The van der Waals surface area contributed by atoms with Crippen LogP contribution in [0.1, 0.15) is 24.5 Å². The summed E-state index contributed by atoms with van der Waals surface area (Å²) in [5.74, 6) is 0.738. The smallest absolute Gasteiger partial charge is 0.306 e. The molecular weight excluding hydrogens is 230 g/mol. The number of carbonyl (C=O) groups excluding carboxylic acids is 1. The molecule has 0 aliphatic rings. The summed E-state index contributed by atoms with van der Waals surface area (Å²) in [6, 6.07) is 6.14.